The Morgan fingerprint density at radius 3 is 2.61 bits per heavy atom. The van der Waals surface area contributed by atoms with Gasteiger partial charge in [-0.1, -0.05) is 31.7 Å². The van der Waals surface area contributed by atoms with Crippen LogP contribution in [0.15, 0.2) is 23.4 Å². The number of nitrogens with zero attached hydrogens (tertiary/aromatic N) is 3. The van der Waals surface area contributed by atoms with Crippen LogP contribution in [0, 0.1) is 5.92 Å². The van der Waals surface area contributed by atoms with Gasteiger partial charge >= 0.3 is 0 Å². The molecule has 31 heavy (non-hydrogen) atoms. The number of carbonyl (C=O) groups excluding carboxylic acids is 1. The van der Waals surface area contributed by atoms with Crippen LogP contribution in [-0.2, 0) is 29.1 Å². The summed E-state index contributed by atoms with van der Waals surface area (Å²) in [6.07, 6.45) is 0.0172. The molecule has 0 bridgehead atoms. The lowest BCUT2D eigenvalue weighted by atomic mass is 10.2. The summed E-state index contributed by atoms with van der Waals surface area (Å²) >= 11 is 1.42. The Hall–Kier alpha value is -2.30. The lowest BCUT2D eigenvalue weighted by molar-refractivity contribution is -0.118. The monoisotopic (exact) mass is 452 g/mol. The van der Waals surface area contributed by atoms with E-state index >= 15 is 0 Å². The van der Waals surface area contributed by atoms with Crippen molar-refractivity contribution < 1.29 is 24.1 Å². The lowest BCUT2D eigenvalue weighted by Gasteiger charge is -2.14. The van der Waals surface area contributed by atoms with Crippen LogP contribution in [0.2, 0.25) is 0 Å². The van der Waals surface area contributed by atoms with E-state index in [0.29, 0.717) is 41.4 Å². The van der Waals surface area contributed by atoms with Gasteiger partial charge in [-0.3, -0.25) is 4.79 Å². The lowest BCUT2D eigenvalue weighted by Crippen LogP contribution is -2.19. The predicted octanol–water partition coefficient (Wildman–Crippen LogP) is 2.04. The molecule has 1 amide bonds. The normalized spacial score (nSPS) is 12.2. The van der Waals surface area contributed by atoms with Gasteiger partial charge in [0.1, 0.15) is 5.82 Å². The van der Waals surface area contributed by atoms with E-state index in [9.17, 15) is 9.90 Å². The minimum Gasteiger partial charge on any atom is -0.493 e. The maximum absolute atomic E-state index is 11.1. The number of hydrogen-bond donors (Lipinski definition) is 2. The van der Waals surface area contributed by atoms with E-state index in [1.54, 1.807) is 14.2 Å². The quantitative estimate of drug-likeness (QED) is 0.418. The minimum atomic E-state index is -0.664. The zero-order valence-corrected chi connectivity index (χ0v) is 19.4. The van der Waals surface area contributed by atoms with E-state index in [1.165, 1.54) is 11.8 Å². The molecule has 1 unspecified atom stereocenters. The number of benzene rings is 1. The summed E-state index contributed by atoms with van der Waals surface area (Å²) < 4.78 is 18.2. The van der Waals surface area contributed by atoms with Gasteiger partial charge in [0.25, 0.3) is 0 Å². The molecule has 1 aromatic heterocycles. The molecule has 0 aliphatic heterocycles. The highest BCUT2D eigenvalue weighted by molar-refractivity contribution is 7.99. The highest BCUT2D eigenvalue weighted by Gasteiger charge is 2.16. The fourth-order valence-corrected chi connectivity index (χ4v) is 3.77. The SMILES string of the molecule is COc1ccc(COCC(O)CSc2nnc(CCC(N)=O)n2CC(C)C)cc1OC. The number of aryl methyl sites for hydroxylation is 1. The first-order valence-corrected chi connectivity index (χ1v) is 11.1. The largest absolute Gasteiger partial charge is 0.493 e. The smallest absolute Gasteiger partial charge is 0.217 e. The molecule has 172 valence electrons. The summed E-state index contributed by atoms with van der Waals surface area (Å²) in [5, 5.41) is 19.5. The first-order chi connectivity index (χ1) is 14.8. The van der Waals surface area contributed by atoms with E-state index in [4.69, 9.17) is 19.9 Å². The van der Waals surface area contributed by atoms with Crippen molar-refractivity contribution >= 4 is 17.7 Å². The first kappa shape index (κ1) is 25.0. The predicted molar refractivity (Wildman–Crippen MR) is 118 cm³/mol. The van der Waals surface area contributed by atoms with Gasteiger partial charge in [-0.2, -0.15) is 0 Å². The number of aliphatic hydroxyl groups excluding tert-OH is 1. The van der Waals surface area contributed by atoms with Gasteiger partial charge in [0, 0.05) is 25.1 Å². The van der Waals surface area contributed by atoms with Crippen LogP contribution in [0.5, 0.6) is 11.5 Å². The van der Waals surface area contributed by atoms with Gasteiger partial charge in [-0.25, -0.2) is 0 Å². The van der Waals surface area contributed by atoms with Crippen molar-refractivity contribution in [2.75, 3.05) is 26.6 Å². The van der Waals surface area contributed by atoms with Crippen molar-refractivity contribution in [3.05, 3.63) is 29.6 Å². The van der Waals surface area contributed by atoms with E-state index in [2.05, 4.69) is 24.0 Å². The molecule has 3 N–H and O–H groups in total. The van der Waals surface area contributed by atoms with Crippen molar-refractivity contribution in [3.8, 4) is 11.5 Å². The number of primary amides is 1. The topological polar surface area (TPSA) is 122 Å². The van der Waals surface area contributed by atoms with Crippen molar-refractivity contribution in [3.63, 3.8) is 0 Å². The van der Waals surface area contributed by atoms with Crippen LogP contribution in [0.1, 0.15) is 31.7 Å². The van der Waals surface area contributed by atoms with E-state index in [0.717, 1.165) is 17.9 Å². The number of nitrogens with two attached hydrogens (primary N) is 1. The van der Waals surface area contributed by atoms with Gasteiger partial charge < -0.3 is 29.6 Å². The molecular weight excluding hydrogens is 420 g/mol. The summed E-state index contributed by atoms with van der Waals surface area (Å²) in [7, 11) is 3.17. The van der Waals surface area contributed by atoms with Crippen molar-refractivity contribution in [1.82, 2.24) is 14.8 Å². The molecular formula is C21H32N4O5S. The molecule has 0 aliphatic carbocycles. The minimum absolute atomic E-state index is 0.189. The van der Waals surface area contributed by atoms with Crippen molar-refractivity contribution in [1.29, 1.82) is 0 Å². The zero-order chi connectivity index (χ0) is 22.8. The first-order valence-electron chi connectivity index (χ1n) is 10.1. The van der Waals surface area contributed by atoms with Gasteiger partial charge in [0.2, 0.25) is 5.91 Å². The molecule has 0 fully saturated rings. The number of carbonyl (C=O) groups is 1. The van der Waals surface area contributed by atoms with Crippen LogP contribution in [-0.4, -0.2) is 58.5 Å². The van der Waals surface area contributed by atoms with Crippen LogP contribution in [0.4, 0.5) is 0 Å². The molecule has 0 radical (unpaired) electrons. The van der Waals surface area contributed by atoms with Crippen LogP contribution in [0.25, 0.3) is 0 Å². The van der Waals surface area contributed by atoms with E-state index in [-0.39, 0.29) is 18.9 Å². The molecule has 1 aromatic carbocycles. The molecule has 2 rings (SSSR count). The van der Waals surface area contributed by atoms with Crippen LogP contribution < -0.4 is 15.2 Å². The molecule has 1 atom stereocenters. The number of thioether (sulfide) groups is 1. The standard InChI is InChI=1S/C21H32N4O5S/c1-14(2)10-25-20(8-7-19(22)27)23-24-21(25)31-13-16(26)12-30-11-15-5-6-17(28-3)18(9-15)29-4/h5-6,9,14,16,26H,7-8,10-13H2,1-4H3,(H2,22,27). The summed E-state index contributed by atoms with van der Waals surface area (Å²) in [6, 6.07) is 5.56. The number of methoxy groups -OCH3 is 2. The molecule has 9 nitrogen and oxygen atoms in total. The Kier molecular flexibility index (Phi) is 10.1. The Bertz CT molecular complexity index is 843. The Labute approximate surface area is 187 Å². The third-order valence-corrected chi connectivity index (χ3v) is 5.48. The molecule has 1 heterocycles. The second-order valence-corrected chi connectivity index (χ2v) is 8.53. The number of ether oxygens (including phenoxy) is 3. The molecule has 10 heteroatoms. The third-order valence-electron chi connectivity index (χ3n) is 4.37. The summed E-state index contributed by atoms with van der Waals surface area (Å²) in [5.74, 6) is 2.46. The number of amides is 1. The van der Waals surface area contributed by atoms with Gasteiger partial charge in [-0.15, -0.1) is 10.2 Å². The van der Waals surface area contributed by atoms with Gasteiger partial charge in [-0.05, 0) is 23.6 Å². The number of hydrogen-bond acceptors (Lipinski definition) is 8. The molecule has 0 aliphatic rings. The molecule has 0 spiro atoms. The molecule has 0 saturated carbocycles. The van der Waals surface area contributed by atoms with E-state index < -0.39 is 6.10 Å². The van der Waals surface area contributed by atoms with Crippen LogP contribution in [0.3, 0.4) is 0 Å². The summed E-state index contributed by atoms with van der Waals surface area (Å²) in [6.45, 7) is 5.47. The average molecular weight is 453 g/mol. The highest BCUT2D eigenvalue weighted by Crippen LogP contribution is 2.28. The zero-order valence-electron chi connectivity index (χ0n) is 18.5. The van der Waals surface area contributed by atoms with Crippen LogP contribution >= 0.6 is 11.8 Å². The fraction of sp³-hybridized carbons (Fsp3) is 0.571. The third kappa shape index (κ3) is 8.04. The number of aliphatic hydroxyl groups is 1. The Morgan fingerprint density at radius 2 is 1.97 bits per heavy atom. The molecule has 0 saturated heterocycles. The second kappa shape index (κ2) is 12.5. The van der Waals surface area contributed by atoms with Gasteiger partial charge in [0.15, 0.2) is 16.7 Å². The molecule has 2 aromatic rings. The highest BCUT2D eigenvalue weighted by atomic mass is 32.2. The van der Waals surface area contributed by atoms with Gasteiger partial charge in [0.05, 0.1) is 33.5 Å². The Morgan fingerprint density at radius 1 is 1.23 bits per heavy atom. The number of rotatable bonds is 14. The van der Waals surface area contributed by atoms with Crippen molar-refractivity contribution in [2.24, 2.45) is 11.7 Å². The van der Waals surface area contributed by atoms with Crippen molar-refractivity contribution in [2.45, 2.75) is 51.1 Å². The Balaban J connectivity index is 1.86. The summed E-state index contributed by atoms with van der Waals surface area (Å²) in [4.78, 5) is 11.1. The van der Waals surface area contributed by atoms with E-state index in [1.807, 2.05) is 22.8 Å². The summed E-state index contributed by atoms with van der Waals surface area (Å²) in [5.41, 5.74) is 6.18. The second-order valence-electron chi connectivity index (χ2n) is 7.54. The fourth-order valence-electron chi connectivity index (χ4n) is 2.90. The maximum Gasteiger partial charge on any atom is 0.217 e. The maximum atomic E-state index is 11.1. The average Bonchev–Trinajstić information content (AvgIpc) is 3.11. The number of aromatic nitrogens is 3.